The number of nitrogens with two attached hydrogens (primary N) is 1. The third kappa shape index (κ3) is 7.54. The zero-order valence-electron chi connectivity index (χ0n) is 7.41. The first-order valence-corrected chi connectivity index (χ1v) is 3.85. The maximum absolute atomic E-state index is 5.43. The normalized spacial score (nSPS) is 11.5. The SMILES string of the molecule is C=C(N)CCCC(C)(C)C. The van der Waals surface area contributed by atoms with Gasteiger partial charge in [-0.2, -0.15) is 0 Å². The summed E-state index contributed by atoms with van der Waals surface area (Å²) in [5, 5.41) is 0. The minimum Gasteiger partial charge on any atom is -0.403 e. The molecule has 2 N–H and O–H groups in total. The van der Waals surface area contributed by atoms with Gasteiger partial charge in [0, 0.05) is 5.70 Å². The van der Waals surface area contributed by atoms with E-state index < -0.39 is 0 Å². The van der Waals surface area contributed by atoms with Crippen molar-refractivity contribution >= 4 is 0 Å². The highest BCUT2D eigenvalue weighted by Gasteiger charge is 2.08. The van der Waals surface area contributed by atoms with E-state index in [4.69, 9.17) is 5.73 Å². The molecule has 0 radical (unpaired) electrons. The van der Waals surface area contributed by atoms with E-state index in [1.54, 1.807) is 0 Å². The second kappa shape index (κ2) is 3.65. The van der Waals surface area contributed by atoms with Crippen LogP contribution in [0.4, 0.5) is 0 Å². The Morgan fingerprint density at radius 1 is 1.40 bits per heavy atom. The smallest absolute Gasteiger partial charge is 0.000744 e. The number of hydrogen-bond acceptors (Lipinski definition) is 1. The largest absolute Gasteiger partial charge is 0.403 e. The van der Waals surface area contributed by atoms with E-state index in [0.717, 1.165) is 12.1 Å². The fourth-order valence-electron chi connectivity index (χ4n) is 0.846. The van der Waals surface area contributed by atoms with Gasteiger partial charge in [-0.1, -0.05) is 27.4 Å². The average Bonchev–Trinajstić information content (AvgIpc) is 1.59. The monoisotopic (exact) mass is 141 g/mol. The fraction of sp³-hybridized carbons (Fsp3) is 0.778. The van der Waals surface area contributed by atoms with Crippen LogP contribution in [0.5, 0.6) is 0 Å². The van der Waals surface area contributed by atoms with Gasteiger partial charge in [0.2, 0.25) is 0 Å². The van der Waals surface area contributed by atoms with Gasteiger partial charge < -0.3 is 5.73 Å². The molecule has 0 aliphatic rings. The van der Waals surface area contributed by atoms with Gasteiger partial charge in [0.05, 0.1) is 0 Å². The number of hydrogen-bond donors (Lipinski definition) is 1. The highest BCUT2D eigenvalue weighted by atomic mass is 14.5. The van der Waals surface area contributed by atoms with E-state index in [1.807, 2.05) is 0 Å². The molecule has 0 bridgehead atoms. The van der Waals surface area contributed by atoms with E-state index in [-0.39, 0.29) is 0 Å². The van der Waals surface area contributed by atoms with Crippen molar-refractivity contribution in [2.45, 2.75) is 40.0 Å². The van der Waals surface area contributed by atoms with Gasteiger partial charge in [-0.05, 0) is 24.7 Å². The molecule has 0 aromatic rings. The predicted molar refractivity (Wildman–Crippen MR) is 46.6 cm³/mol. The summed E-state index contributed by atoms with van der Waals surface area (Å²) >= 11 is 0. The standard InChI is InChI=1S/C9H19N/c1-8(10)6-5-7-9(2,3)4/h1,5-7,10H2,2-4H3. The van der Waals surface area contributed by atoms with Crippen LogP contribution in [0.15, 0.2) is 12.3 Å². The van der Waals surface area contributed by atoms with Crippen LogP contribution in [0.2, 0.25) is 0 Å². The molecule has 0 rings (SSSR count). The van der Waals surface area contributed by atoms with Crippen LogP contribution in [0.3, 0.4) is 0 Å². The molecule has 1 heteroatoms. The summed E-state index contributed by atoms with van der Waals surface area (Å²) in [6.45, 7) is 10.4. The Kier molecular flexibility index (Phi) is 3.48. The van der Waals surface area contributed by atoms with Crippen molar-refractivity contribution in [3.63, 3.8) is 0 Å². The Morgan fingerprint density at radius 2 is 1.90 bits per heavy atom. The van der Waals surface area contributed by atoms with Crippen molar-refractivity contribution in [1.82, 2.24) is 0 Å². The van der Waals surface area contributed by atoms with Gasteiger partial charge in [-0.25, -0.2) is 0 Å². The lowest BCUT2D eigenvalue weighted by Crippen LogP contribution is -2.05. The van der Waals surface area contributed by atoms with Crippen molar-refractivity contribution in [2.24, 2.45) is 11.1 Å². The fourth-order valence-corrected chi connectivity index (χ4v) is 0.846. The van der Waals surface area contributed by atoms with Crippen LogP contribution in [0.25, 0.3) is 0 Å². The number of allylic oxidation sites excluding steroid dienone is 1. The molecule has 10 heavy (non-hydrogen) atoms. The molecule has 1 nitrogen and oxygen atoms in total. The van der Waals surface area contributed by atoms with Crippen molar-refractivity contribution < 1.29 is 0 Å². The molecule has 0 aromatic heterocycles. The second-order valence-electron chi connectivity index (χ2n) is 4.07. The zero-order chi connectivity index (χ0) is 8.20. The molecule has 0 fully saturated rings. The van der Waals surface area contributed by atoms with Crippen LogP contribution < -0.4 is 5.73 Å². The Balaban J connectivity index is 3.29. The Labute approximate surface area is 64.3 Å². The molecular formula is C9H19N. The van der Waals surface area contributed by atoms with E-state index in [9.17, 15) is 0 Å². The summed E-state index contributed by atoms with van der Waals surface area (Å²) in [6.07, 6.45) is 3.36. The van der Waals surface area contributed by atoms with Gasteiger partial charge in [0.1, 0.15) is 0 Å². The third-order valence-corrected chi connectivity index (χ3v) is 1.42. The molecule has 60 valence electrons. The minimum atomic E-state index is 0.440. The maximum atomic E-state index is 5.43. The molecule has 0 aliphatic heterocycles. The van der Waals surface area contributed by atoms with Gasteiger partial charge in [-0.3, -0.25) is 0 Å². The van der Waals surface area contributed by atoms with Gasteiger partial charge in [0.25, 0.3) is 0 Å². The highest BCUT2D eigenvalue weighted by molar-refractivity contribution is 4.85. The summed E-state index contributed by atoms with van der Waals surface area (Å²) in [7, 11) is 0. The minimum absolute atomic E-state index is 0.440. The summed E-state index contributed by atoms with van der Waals surface area (Å²) in [5.74, 6) is 0. The van der Waals surface area contributed by atoms with Crippen LogP contribution in [-0.2, 0) is 0 Å². The van der Waals surface area contributed by atoms with E-state index >= 15 is 0 Å². The first-order chi connectivity index (χ1) is 4.42. The van der Waals surface area contributed by atoms with Crippen LogP contribution in [0.1, 0.15) is 40.0 Å². The molecule has 0 aliphatic carbocycles. The summed E-state index contributed by atoms with van der Waals surface area (Å²) in [5.41, 5.74) is 6.68. The van der Waals surface area contributed by atoms with Crippen LogP contribution >= 0.6 is 0 Å². The van der Waals surface area contributed by atoms with Gasteiger partial charge in [-0.15, -0.1) is 0 Å². The molecule has 0 saturated carbocycles. The van der Waals surface area contributed by atoms with Gasteiger partial charge in [0.15, 0.2) is 0 Å². The van der Waals surface area contributed by atoms with E-state index in [2.05, 4.69) is 27.4 Å². The molecule has 0 unspecified atom stereocenters. The first kappa shape index (κ1) is 9.54. The molecule has 0 heterocycles. The van der Waals surface area contributed by atoms with Crippen molar-refractivity contribution in [1.29, 1.82) is 0 Å². The third-order valence-electron chi connectivity index (χ3n) is 1.42. The van der Waals surface area contributed by atoms with Crippen LogP contribution in [-0.4, -0.2) is 0 Å². The van der Waals surface area contributed by atoms with Crippen molar-refractivity contribution in [3.05, 3.63) is 12.3 Å². The maximum Gasteiger partial charge on any atom is 0.000744 e. The summed E-state index contributed by atoms with van der Waals surface area (Å²) in [6, 6.07) is 0. The summed E-state index contributed by atoms with van der Waals surface area (Å²) in [4.78, 5) is 0. The lowest BCUT2D eigenvalue weighted by Gasteiger charge is -2.17. The van der Waals surface area contributed by atoms with E-state index in [0.29, 0.717) is 5.41 Å². The van der Waals surface area contributed by atoms with Crippen LogP contribution in [0, 0.1) is 5.41 Å². The first-order valence-electron chi connectivity index (χ1n) is 3.85. The summed E-state index contributed by atoms with van der Waals surface area (Å²) < 4.78 is 0. The predicted octanol–water partition coefficient (Wildman–Crippen LogP) is 2.68. The second-order valence-corrected chi connectivity index (χ2v) is 4.07. The molecule has 0 atom stereocenters. The Morgan fingerprint density at radius 3 is 2.20 bits per heavy atom. The molecule has 0 aromatic carbocycles. The number of rotatable bonds is 3. The van der Waals surface area contributed by atoms with Gasteiger partial charge >= 0.3 is 0 Å². The van der Waals surface area contributed by atoms with Crippen molar-refractivity contribution in [3.8, 4) is 0 Å². The molecule has 0 amide bonds. The Bertz CT molecular complexity index is 108. The van der Waals surface area contributed by atoms with Crippen molar-refractivity contribution in [2.75, 3.05) is 0 Å². The molecule has 0 spiro atoms. The van der Waals surface area contributed by atoms with E-state index in [1.165, 1.54) is 12.8 Å². The quantitative estimate of drug-likeness (QED) is 0.642. The zero-order valence-corrected chi connectivity index (χ0v) is 7.41. The topological polar surface area (TPSA) is 26.0 Å². The lowest BCUT2D eigenvalue weighted by molar-refractivity contribution is 0.365. The molecule has 0 saturated heterocycles. The average molecular weight is 141 g/mol. The highest BCUT2D eigenvalue weighted by Crippen LogP contribution is 2.21. The Hall–Kier alpha value is -0.460. The molecular weight excluding hydrogens is 122 g/mol. The lowest BCUT2D eigenvalue weighted by atomic mass is 9.90.